The van der Waals surface area contributed by atoms with Gasteiger partial charge >= 0.3 is 0 Å². The van der Waals surface area contributed by atoms with Gasteiger partial charge in [-0.1, -0.05) is 33.8 Å². The van der Waals surface area contributed by atoms with Crippen LogP contribution in [0.4, 0.5) is 5.69 Å². The van der Waals surface area contributed by atoms with Crippen molar-refractivity contribution in [1.29, 1.82) is 0 Å². The molecule has 116 valence electrons. The maximum atomic E-state index is 12.2. The van der Waals surface area contributed by atoms with Gasteiger partial charge in [0, 0.05) is 7.05 Å². The number of hydrogen-bond donors (Lipinski definition) is 1. The molecular formula is C13H12Cl2N4O2S. The number of aromatic nitrogens is 2. The SMILES string of the molecule is Cc1nnsc1C(=O)N(C)CC(=O)Nc1c(Cl)cccc1Cl. The lowest BCUT2D eigenvalue weighted by Gasteiger charge is -2.16. The van der Waals surface area contributed by atoms with Crippen LogP contribution in [0.1, 0.15) is 15.4 Å². The van der Waals surface area contributed by atoms with E-state index in [1.807, 2.05) is 0 Å². The van der Waals surface area contributed by atoms with Crippen LogP contribution in [0.2, 0.25) is 10.0 Å². The molecule has 0 saturated carbocycles. The fraction of sp³-hybridized carbons (Fsp3) is 0.231. The second-order valence-electron chi connectivity index (χ2n) is 4.49. The molecule has 1 heterocycles. The van der Waals surface area contributed by atoms with Crippen molar-refractivity contribution in [3.63, 3.8) is 0 Å². The molecule has 1 N–H and O–H groups in total. The molecule has 0 aliphatic heterocycles. The predicted octanol–water partition coefficient (Wildman–Crippen LogP) is 2.86. The second-order valence-corrected chi connectivity index (χ2v) is 6.06. The number of anilines is 1. The normalized spacial score (nSPS) is 10.4. The molecule has 0 atom stereocenters. The number of likely N-dealkylation sites (N-methyl/N-ethyl adjacent to an activating group) is 1. The third kappa shape index (κ3) is 3.73. The van der Waals surface area contributed by atoms with E-state index in [9.17, 15) is 9.59 Å². The highest BCUT2D eigenvalue weighted by Crippen LogP contribution is 2.29. The van der Waals surface area contributed by atoms with E-state index < -0.39 is 5.91 Å². The van der Waals surface area contributed by atoms with Crippen LogP contribution < -0.4 is 5.32 Å². The van der Waals surface area contributed by atoms with Gasteiger partial charge in [-0.15, -0.1) is 5.10 Å². The van der Waals surface area contributed by atoms with E-state index in [1.165, 1.54) is 11.9 Å². The van der Waals surface area contributed by atoms with E-state index in [-0.39, 0.29) is 12.5 Å². The molecule has 0 aliphatic carbocycles. The minimum Gasteiger partial charge on any atom is -0.332 e. The van der Waals surface area contributed by atoms with Gasteiger partial charge < -0.3 is 10.2 Å². The summed E-state index contributed by atoms with van der Waals surface area (Å²) >= 11 is 13.0. The van der Waals surface area contributed by atoms with Gasteiger partial charge in [0.25, 0.3) is 5.91 Å². The summed E-state index contributed by atoms with van der Waals surface area (Å²) in [6.07, 6.45) is 0. The number of amides is 2. The summed E-state index contributed by atoms with van der Waals surface area (Å²) in [4.78, 5) is 25.9. The van der Waals surface area contributed by atoms with E-state index >= 15 is 0 Å². The van der Waals surface area contributed by atoms with E-state index in [0.717, 1.165) is 11.5 Å². The Hall–Kier alpha value is -1.70. The molecule has 0 radical (unpaired) electrons. The van der Waals surface area contributed by atoms with Crippen molar-refractivity contribution in [3.8, 4) is 0 Å². The van der Waals surface area contributed by atoms with Crippen LogP contribution in [-0.4, -0.2) is 39.9 Å². The first-order chi connectivity index (χ1) is 10.4. The Morgan fingerprint density at radius 3 is 2.50 bits per heavy atom. The Kier molecular flexibility index (Phi) is 5.33. The van der Waals surface area contributed by atoms with Gasteiger partial charge in [0.2, 0.25) is 5.91 Å². The molecule has 2 amide bonds. The van der Waals surface area contributed by atoms with Crippen LogP contribution >= 0.6 is 34.7 Å². The van der Waals surface area contributed by atoms with E-state index in [2.05, 4.69) is 14.9 Å². The van der Waals surface area contributed by atoms with Crippen LogP contribution in [0.5, 0.6) is 0 Å². The molecule has 1 aromatic heterocycles. The van der Waals surface area contributed by atoms with Crippen LogP contribution in [0.25, 0.3) is 0 Å². The van der Waals surface area contributed by atoms with Gasteiger partial charge in [0.1, 0.15) is 4.88 Å². The van der Waals surface area contributed by atoms with E-state index in [4.69, 9.17) is 23.2 Å². The zero-order valence-corrected chi connectivity index (χ0v) is 14.1. The minimum atomic E-state index is -0.402. The number of carbonyl (C=O) groups excluding carboxylic acids is 2. The van der Waals surface area contributed by atoms with Gasteiger partial charge in [-0.2, -0.15) is 0 Å². The lowest BCUT2D eigenvalue weighted by molar-refractivity contribution is -0.116. The molecule has 2 rings (SSSR count). The Bertz CT molecular complexity index is 700. The van der Waals surface area contributed by atoms with Crippen molar-refractivity contribution in [2.24, 2.45) is 0 Å². The van der Waals surface area contributed by atoms with Gasteiger partial charge in [0.15, 0.2) is 0 Å². The number of hydrogen-bond acceptors (Lipinski definition) is 5. The largest absolute Gasteiger partial charge is 0.332 e. The van der Waals surface area contributed by atoms with Crippen molar-refractivity contribution >= 4 is 52.2 Å². The summed E-state index contributed by atoms with van der Waals surface area (Å²) in [5.74, 6) is -0.714. The van der Waals surface area contributed by atoms with Crippen molar-refractivity contribution in [2.75, 3.05) is 18.9 Å². The first kappa shape index (κ1) is 16.7. The first-order valence-electron chi connectivity index (χ1n) is 6.18. The molecule has 0 saturated heterocycles. The molecule has 0 unspecified atom stereocenters. The number of benzene rings is 1. The Morgan fingerprint density at radius 1 is 1.32 bits per heavy atom. The minimum absolute atomic E-state index is 0.141. The number of halogens is 2. The molecule has 0 spiro atoms. The van der Waals surface area contributed by atoms with Crippen molar-refractivity contribution < 1.29 is 9.59 Å². The Morgan fingerprint density at radius 2 is 1.95 bits per heavy atom. The molecule has 2 aromatic rings. The molecule has 22 heavy (non-hydrogen) atoms. The third-order valence-corrected chi connectivity index (χ3v) is 4.25. The van der Waals surface area contributed by atoms with Gasteiger partial charge in [-0.05, 0) is 30.6 Å². The summed E-state index contributed by atoms with van der Waals surface area (Å²) in [6, 6.07) is 4.91. The summed E-state index contributed by atoms with van der Waals surface area (Å²) in [7, 11) is 1.52. The number of aryl methyl sites for hydroxylation is 1. The number of rotatable bonds is 4. The molecule has 0 fully saturated rings. The summed E-state index contributed by atoms with van der Waals surface area (Å²) < 4.78 is 3.70. The maximum absolute atomic E-state index is 12.2. The van der Waals surface area contributed by atoms with Crippen molar-refractivity contribution in [3.05, 3.63) is 38.8 Å². The molecule has 0 aliphatic rings. The Balaban J connectivity index is 2.03. The maximum Gasteiger partial charge on any atom is 0.267 e. The highest BCUT2D eigenvalue weighted by molar-refractivity contribution is 7.07. The number of nitrogens with zero attached hydrogens (tertiary/aromatic N) is 3. The highest BCUT2D eigenvalue weighted by Gasteiger charge is 2.20. The number of para-hydroxylation sites is 1. The summed E-state index contributed by atoms with van der Waals surface area (Å²) in [6.45, 7) is 1.55. The molecular weight excluding hydrogens is 347 g/mol. The molecule has 0 bridgehead atoms. The third-order valence-electron chi connectivity index (χ3n) is 2.80. The zero-order valence-electron chi connectivity index (χ0n) is 11.8. The van der Waals surface area contributed by atoms with Gasteiger partial charge in [0.05, 0.1) is 28.0 Å². The van der Waals surface area contributed by atoms with Crippen LogP contribution in [0, 0.1) is 6.92 Å². The smallest absolute Gasteiger partial charge is 0.267 e. The average Bonchev–Trinajstić information content (AvgIpc) is 2.88. The fourth-order valence-electron chi connectivity index (χ4n) is 1.68. The second kappa shape index (κ2) is 7.04. The average molecular weight is 359 g/mol. The van der Waals surface area contributed by atoms with Crippen LogP contribution in [0.15, 0.2) is 18.2 Å². The predicted molar refractivity (Wildman–Crippen MR) is 86.7 cm³/mol. The standard InChI is InChI=1S/C13H12Cl2N4O2S/c1-7-12(22-18-17-7)13(21)19(2)6-10(20)16-11-8(14)4-3-5-9(11)15/h3-5H,6H2,1-2H3,(H,16,20). The zero-order chi connectivity index (χ0) is 16.3. The van der Waals surface area contributed by atoms with Gasteiger partial charge in [-0.25, -0.2) is 0 Å². The van der Waals surface area contributed by atoms with E-state index in [1.54, 1.807) is 25.1 Å². The van der Waals surface area contributed by atoms with Crippen molar-refractivity contribution in [2.45, 2.75) is 6.92 Å². The number of nitrogens with one attached hydrogen (secondary N) is 1. The van der Waals surface area contributed by atoms with Crippen LogP contribution in [0.3, 0.4) is 0 Å². The highest BCUT2D eigenvalue weighted by atomic mass is 35.5. The lowest BCUT2D eigenvalue weighted by Crippen LogP contribution is -2.35. The molecule has 9 heteroatoms. The quantitative estimate of drug-likeness (QED) is 0.911. The van der Waals surface area contributed by atoms with Crippen molar-refractivity contribution in [1.82, 2.24) is 14.5 Å². The Labute approximate surface area is 141 Å². The summed E-state index contributed by atoms with van der Waals surface area (Å²) in [5, 5.41) is 7.04. The van der Waals surface area contributed by atoms with E-state index in [0.29, 0.717) is 26.3 Å². The lowest BCUT2D eigenvalue weighted by atomic mass is 10.3. The fourth-order valence-corrected chi connectivity index (χ4v) is 2.83. The summed E-state index contributed by atoms with van der Waals surface area (Å²) in [5.41, 5.74) is 0.865. The molecule has 1 aromatic carbocycles. The number of carbonyl (C=O) groups is 2. The van der Waals surface area contributed by atoms with Crippen LogP contribution in [-0.2, 0) is 4.79 Å². The topological polar surface area (TPSA) is 75.2 Å². The molecule has 6 nitrogen and oxygen atoms in total. The first-order valence-corrected chi connectivity index (χ1v) is 7.71. The van der Waals surface area contributed by atoms with Gasteiger partial charge in [-0.3, -0.25) is 9.59 Å². The monoisotopic (exact) mass is 358 g/mol.